The number of imide groups is 2. The van der Waals surface area contributed by atoms with Crippen molar-refractivity contribution in [2.45, 2.75) is 0 Å². The van der Waals surface area contributed by atoms with Crippen LogP contribution >= 0.6 is 46.4 Å². The third kappa shape index (κ3) is 6.23. The first-order valence-corrected chi connectivity index (χ1v) is 12.0. The van der Waals surface area contributed by atoms with Crippen LogP contribution in [0.15, 0.2) is 66.2 Å². The summed E-state index contributed by atoms with van der Waals surface area (Å²) in [5.41, 5.74) is 0.488. The molecule has 0 aromatic heterocycles. The van der Waals surface area contributed by atoms with E-state index >= 15 is 0 Å². The lowest BCUT2D eigenvalue weighted by atomic mass is 10.1. The van der Waals surface area contributed by atoms with Gasteiger partial charge in [-0.2, -0.15) is 0 Å². The number of hydrogen-bond donors (Lipinski definition) is 2. The lowest BCUT2D eigenvalue weighted by molar-refractivity contribution is -0.122. The normalized spacial score (nSPS) is 14.5. The summed E-state index contributed by atoms with van der Waals surface area (Å²) in [4.78, 5) is 51.3. The largest absolute Gasteiger partial charge is 0.483 e. The van der Waals surface area contributed by atoms with E-state index in [1.54, 1.807) is 24.3 Å². The summed E-state index contributed by atoms with van der Waals surface area (Å²) < 4.78 is 5.63. The van der Waals surface area contributed by atoms with Crippen LogP contribution in [0.3, 0.4) is 0 Å². The summed E-state index contributed by atoms with van der Waals surface area (Å²) in [6.45, 7) is -0.380. The fraction of sp³-hybridized carbons (Fsp3) is 0.0400. The van der Waals surface area contributed by atoms with Gasteiger partial charge in [0.05, 0.1) is 15.7 Å². The molecule has 8 nitrogen and oxygen atoms in total. The van der Waals surface area contributed by atoms with Crippen LogP contribution in [0.1, 0.15) is 5.56 Å². The second-order valence-electron chi connectivity index (χ2n) is 7.58. The number of benzene rings is 3. The van der Waals surface area contributed by atoms with Gasteiger partial charge in [-0.15, -0.1) is 0 Å². The smallest absolute Gasteiger partial charge is 0.335 e. The van der Waals surface area contributed by atoms with Crippen molar-refractivity contribution in [2.24, 2.45) is 0 Å². The maximum Gasteiger partial charge on any atom is 0.335 e. The Balaban J connectivity index is 1.58. The molecule has 3 aromatic carbocycles. The van der Waals surface area contributed by atoms with E-state index in [1.807, 2.05) is 0 Å². The molecule has 0 saturated carbocycles. The third-order valence-corrected chi connectivity index (χ3v) is 6.25. The predicted octanol–water partition coefficient (Wildman–Crippen LogP) is 5.98. The minimum atomic E-state index is -0.952. The summed E-state index contributed by atoms with van der Waals surface area (Å²) in [6, 6.07) is 14.2. The Morgan fingerprint density at radius 1 is 0.892 bits per heavy atom. The van der Waals surface area contributed by atoms with E-state index in [0.29, 0.717) is 10.7 Å². The summed E-state index contributed by atoms with van der Waals surface area (Å²) >= 11 is 23.9. The van der Waals surface area contributed by atoms with Crippen molar-refractivity contribution in [1.82, 2.24) is 5.32 Å². The number of carbonyl (C=O) groups excluding carboxylic acids is 4. The fourth-order valence-corrected chi connectivity index (χ4v) is 3.91. The zero-order valence-electron chi connectivity index (χ0n) is 18.6. The summed E-state index contributed by atoms with van der Waals surface area (Å²) in [5, 5.41) is 5.92. The number of rotatable bonds is 6. The van der Waals surface area contributed by atoms with Gasteiger partial charge in [0.2, 0.25) is 0 Å². The molecule has 1 saturated heterocycles. The van der Waals surface area contributed by atoms with E-state index in [-0.39, 0.29) is 44.2 Å². The third-order valence-electron chi connectivity index (χ3n) is 5.02. The first-order chi connectivity index (χ1) is 17.6. The van der Waals surface area contributed by atoms with Gasteiger partial charge in [0, 0.05) is 21.3 Å². The quantitative estimate of drug-likeness (QED) is 0.276. The lowest BCUT2D eigenvalue weighted by Gasteiger charge is -2.26. The van der Waals surface area contributed by atoms with Crippen LogP contribution in [-0.4, -0.2) is 30.4 Å². The molecule has 0 spiro atoms. The molecule has 12 heteroatoms. The minimum Gasteiger partial charge on any atom is -0.483 e. The highest BCUT2D eigenvalue weighted by Crippen LogP contribution is 2.31. The Kier molecular flexibility index (Phi) is 8.04. The molecule has 1 aliphatic rings. The number of hydrogen-bond acceptors (Lipinski definition) is 5. The molecular formula is C25H15Cl4N3O5. The molecule has 0 radical (unpaired) electrons. The monoisotopic (exact) mass is 577 g/mol. The van der Waals surface area contributed by atoms with Gasteiger partial charge in [-0.1, -0.05) is 46.4 Å². The predicted molar refractivity (Wildman–Crippen MR) is 142 cm³/mol. The average molecular weight is 579 g/mol. The van der Waals surface area contributed by atoms with Gasteiger partial charge in [-0.25, -0.2) is 9.69 Å². The van der Waals surface area contributed by atoms with Crippen LogP contribution in [0, 0.1) is 0 Å². The molecule has 1 heterocycles. The van der Waals surface area contributed by atoms with E-state index < -0.39 is 23.8 Å². The highest BCUT2D eigenvalue weighted by Gasteiger charge is 2.37. The van der Waals surface area contributed by atoms with Crippen molar-refractivity contribution >= 4 is 87.6 Å². The number of nitrogens with zero attached hydrogens (tertiary/aromatic N) is 1. The van der Waals surface area contributed by atoms with E-state index in [4.69, 9.17) is 51.1 Å². The van der Waals surface area contributed by atoms with Crippen molar-refractivity contribution in [3.8, 4) is 5.75 Å². The molecule has 3 aromatic rings. The number of carbonyl (C=O) groups is 4. The number of barbiturate groups is 1. The minimum absolute atomic E-state index is 0.108. The van der Waals surface area contributed by atoms with E-state index in [0.717, 1.165) is 4.90 Å². The van der Waals surface area contributed by atoms with Crippen molar-refractivity contribution in [2.75, 3.05) is 16.8 Å². The summed E-state index contributed by atoms with van der Waals surface area (Å²) in [6.07, 6.45) is 1.22. The topological polar surface area (TPSA) is 105 Å². The van der Waals surface area contributed by atoms with Gasteiger partial charge in [-0.05, 0) is 66.7 Å². The molecule has 0 unspecified atom stereocenters. The van der Waals surface area contributed by atoms with Gasteiger partial charge < -0.3 is 10.1 Å². The van der Waals surface area contributed by atoms with Crippen LogP contribution in [0.2, 0.25) is 20.1 Å². The van der Waals surface area contributed by atoms with Crippen LogP contribution in [0.25, 0.3) is 6.08 Å². The Labute approximate surface area is 230 Å². The molecule has 1 aliphatic heterocycles. The van der Waals surface area contributed by atoms with Crippen LogP contribution in [0.4, 0.5) is 16.2 Å². The van der Waals surface area contributed by atoms with E-state index in [2.05, 4.69) is 10.6 Å². The number of anilines is 2. The van der Waals surface area contributed by atoms with Crippen molar-refractivity contribution in [3.05, 3.63) is 91.9 Å². The van der Waals surface area contributed by atoms with Crippen LogP contribution in [0.5, 0.6) is 5.75 Å². The van der Waals surface area contributed by atoms with E-state index in [1.165, 1.54) is 42.5 Å². The van der Waals surface area contributed by atoms with Crippen molar-refractivity contribution in [1.29, 1.82) is 0 Å². The first kappa shape index (κ1) is 26.5. The zero-order chi connectivity index (χ0) is 26.7. The number of halogens is 4. The fourth-order valence-electron chi connectivity index (χ4n) is 3.31. The number of urea groups is 1. The lowest BCUT2D eigenvalue weighted by Crippen LogP contribution is -2.54. The highest BCUT2D eigenvalue weighted by atomic mass is 35.5. The second-order valence-corrected chi connectivity index (χ2v) is 9.27. The van der Waals surface area contributed by atoms with Crippen LogP contribution < -0.4 is 20.3 Å². The number of ether oxygens (including phenoxy) is 1. The molecule has 0 atom stereocenters. The summed E-state index contributed by atoms with van der Waals surface area (Å²) in [5.74, 6) is -2.11. The second kappa shape index (κ2) is 11.2. The van der Waals surface area contributed by atoms with Crippen LogP contribution in [-0.2, 0) is 14.4 Å². The molecule has 0 aliphatic carbocycles. The van der Waals surface area contributed by atoms with Gasteiger partial charge in [-0.3, -0.25) is 19.7 Å². The molecule has 2 N–H and O–H groups in total. The molecular weight excluding hydrogens is 564 g/mol. The van der Waals surface area contributed by atoms with Gasteiger partial charge >= 0.3 is 6.03 Å². The van der Waals surface area contributed by atoms with Gasteiger partial charge in [0.1, 0.15) is 11.3 Å². The Bertz CT molecular complexity index is 1460. The number of nitrogens with one attached hydrogen (secondary N) is 2. The Morgan fingerprint density at radius 3 is 2.30 bits per heavy atom. The van der Waals surface area contributed by atoms with E-state index in [9.17, 15) is 19.2 Å². The van der Waals surface area contributed by atoms with Gasteiger partial charge in [0.25, 0.3) is 17.7 Å². The summed E-state index contributed by atoms with van der Waals surface area (Å²) in [7, 11) is 0. The maximum absolute atomic E-state index is 13.2. The number of amides is 5. The maximum atomic E-state index is 13.2. The van der Waals surface area contributed by atoms with Crippen molar-refractivity contribution in [3.63, 3.8) is 0 Å². The molecule has 5 amide bonds. The first-order valence-electron chi connectivity index (χ1n) is 10.5. The molecule has 1 fully saturated rings. The molecule has 4 rings (SSSR count). The standard InChI is InChI=1S/C25H15Cl4N3O5/c26-14-1-4-16(5-2-14)30-22(33)12-37-21-8-3-15(27)9-13(21)10-18-23(34)31-25(36)32(24(18)35)17-6-7-19(28)20(29)11-17/h1-11H,12H2,(H,30,33)(H,31,34,36)/b18-10+. The molecule has 188 valence electrons. The highest BCUT2D eigenvalue weighted by molar-refractivity contribution is 6.43. The average Bonchev–Trinajstić information content (AvgIpc) is 2.84. The SMILES string of the molecule is O=C(COc1ccc(Cl)cc1/C=C1\C(=O)NC(=O)N(c2ccc(Cl)c(Cl)c2)C1=O)Nc1ccc(Cl)cc1. The molecule has 0 bridgehead atoms. The molecule has 37 heavy (non-hydrogen) atoms. The van der Waals surface area contributed by atoms with Gasteiger partial charge in [0.15, 0.2) is 6.61 Å². The Hall–Kier alpha value is -3.56. The Morgan fingerprint density at radius 2 is 1.59 bits per heavy atom. The zero-order valence-corrected chi connectivity index (χ0v) is 21.6. The van der Waals surface area contributed by atoms with Crippen molar-refractivity contribution < 1.29 is 23.9 Å².